The van der Waals surface area contributed by atoms with E-state index in [9.17, 15) is 4.79 Å². The Morgan fingerprint density at radius 1 is 1.36 bits per heavy atom. The van der Waals surface area contributed by atoms with Crippen molar-refractivity contribution in [3.8, 4) is 11.3 Å². The first-order valence-corrected chi connectivity index (χ1v) is 8.26. The third-order valence-electron chi connectivity index (χ3n) is 3.38. The maximum absolute atomic E-state index is 11.0. The summed E-state index contributed by atoms with van der Waals surface area (Å²) in [6, 6.07) is 8.66. The number of methoxy groups -OCH3 is 1. The van der Waals surface area contributed by atoms with Crippen molar-refractivity contribution < 1.29 is 9.53 Å². The van der Waals surface area contributed by atoms with E-state index in [1.165, 1.54) is 5.56 Å². The highest BCUT2D eigenvalue weighted by atomic mass is 32.1. The van der Waals surface area contributed by atoms with Gasteiger partial charge in [0, 0.05) is 31.0 Å². The second-order valence-electron chi connectivity index (χ2n) is 5.40. The van der Waals surface area contributed by atoms with E-state index >= 15 is 0 Å². The van der Waals surface area contributed by atoms with Gasteiger partial charge < -0.3 is 10.1 Å². The first-order chi connectivity index (χ1) is 10.6. The molecule has 0 aliphatic carbocycles. The standard InChI is InChI=1S/C17H22N2O2S/c1-12(18-13(2)20)4-5-14-6-8-15(9-7-14)16-11-22-17(19-16)10-21-3/h6-9,11-12H,4-5,10H2,1-3H3,(H,18,20). The number of nitrogens with one attached hydrogen (secondary N) is 1. The molecule has 1 unspecified atom stereocenters. The van der Waals surface area contributed by atoms with Gasteiger partial charge in [0.05, 0.1) is 12.3 Å². The maximum Gasteiger partial charge on any atom is 0.217 e. The van der Waals surface area contributed by atoms with Gasteiger partial charge in [0.2, 0.25) is 5.91 Å². The maximum atomic E-state index is 11.0. The summed E-state index contributed by atoms with van der Waals surface area (Å²) in [6.07, 6.45) is 1.89. The lowest BCUT2D eigenvalue weighted by Crippen LogP contribution is -2.30. The third-order valence-corrected chi connectivity index (χ3v) is 4.21. The summed E-state index contributed by atoms with van der Waals surface area (Å²) >= 11 is 1.62. The molecule has 1 atom stereocenters. The second kappa shape index (κ2) is 8.06. The number of hydrogen-bond acceptors (Lipinski definition) is 4. The smallest absolute Gasteiger partial charge is 0.217 e. The van der Waals surface area contributed by atoms with E-state index in [2.05, 4.69) is 39.9 Å². The average Bonchev–Trinajstić information content (AvgIpc) is 2.94. The molecule has 2 rings (SSSR count). The number of carbonyl (C=O) groups is 1. The highest BCUT2D eigenvalue weighted by Crippen LogP contribution is 2.23. The molecular formula is C17H22N2O2S. The minimum atomic E-state index is 0.0262. The zero-order chi connectivity index (χ0) is 15.9. The molecule has 1 N–H and O–H groups in total. The van der Waals surface area contributed by atoms with Gasteiger partial charge in [0.15, 0.2) is 0 Å². The molecule has 4 nitrogen and oxygen atoms in total. The highest BCUT2D eigenvalue weighted by Gasteiger charge is 2.06. The lowest BCUT2D eigenvalue weighted by molar-refractivity contribution is -0.119. The summed E-state index contributed by atoms with van der Waals surface area (Å²) in [5.74, 6) is 0.0262. The van der Waals surface area contributed by atoms with Crippen molar-refractivity contribution in [2.24, 2.45) is 0 Å². The molecule has 2 aromatic rings. The number of carbonyl (C=O) groups excluding carboxylic acids is 1. The van der Waals surface area contributed by atoms with Crippen molar-refractivity contribution >= 4 is 17.2 Å². The molecule has 0 bridgehead atoms. The van der Waals surface area contributed by atoms with Crippen LogP contribution in [0.5, 0.6) is 0 Å². The van der Waals surface area contributed by atoms with Crippen LogP contribution in [0.15, 0.2) is 29.6 Å². The zero-order valence-corrected chi connectivity index (χ0v) is 14.1. The number of amides is 1. The van der Waals surface area contributed by atoms with Gasteiger partial charge in [-0.05, 0) is 25.3 Å². The molecule has 118 valence electrons. The van der Waals surface area contributed by atoms with Crippen molar-refractivity contribution in [3.05, 3.63) is 40.2 Å². The van der Waals surface area contributed by atoms with Crippen LogP contribution in [0.1, 0.15) is 30.8 Å². The van der Waals surface area contributed by atoms with Gasteiger partial charge in [-0.2, -0.15) is 0 Å². The quantitative estimate of drug-likeness (QED) is 0.851. The number of rotatable bonds is 7. The van der Waals surface area contributed by atoms with Crippen molar-refractivity contribution in [1.29, 1.82) is 0 Å². The minimum Gasteiger partial charge on any atom is -0.378 e. The van der Waals surface area contributed by atoms with Crippen LogP contribution in [0, 0.1) is 0 Å². The van der Waals surface area contributed by atoms with Gasteiger partial charge >= 0.3 is 0 Å². The summed E-state index contributed by atoms with van der Waals surface area (Å²) in [5, 5.41) is 5.95. The fourth-order valence-corrected chi connectivity index (χ4v) is 3.05. The topological polar surface area (TPSA) is 51.2 Å². The van der Waals surface area contributed by atoms with Crippen LogP contribution in [0.3, 0.4) is 0 Å². The van der Waals surface area contributed by atoms with E-state index in [1.54, 1.807) is 25.4 Å². The molecule has 0 saturated heterocycles. The van der Waals surface area contributed by atoms with Gasteiger partial charge in [0.25, 0.3) is 0 Å². The molecule has 1 amide bonds. The highest BCUT2D eigenvalue weighted by molar-refractivity contribution is 7.09. The Balaban J connectivity index is 1.93. The molecule has 0 radical (unpaired) electrons. The number of aromatic nitrogens is 1. The van der Waals surface area contributed by atoms with E-state index in [4.69, 9.17) is 4.74 Å². The lowest BCUT2D eigenvalue weighted by atomic mass is 10.0. The monoisotopic (exact) mass is 318 g/mol. The summed E-state index contributed by atoms with van der Waals surface area (Å²) in [4.78, 5) is 15.5. The molecule has 1 aromatic heterocycles. The van der Waals surface area contributed by atoms with E-state index < -0.39 is 0 Å². The van der Waals surface area contributed by atoms with Crippen molar-refractivity contribution in [3.63, 3.8) is 0 Å². The van der Waals surface area contributed by atoms with E-state index in [1.807, 2.05) is 6.92 Å². The molecule has 22 heavy (non-hydrogen) atoms. The van der Waals surface area contributed by atoms with Crippen molar-refractivity contribution in [2.75, 3.05) is 7.11 Å². The van der Waals surface area contributed by atoms with Gasteiger partial charge in [-0.15, -0.1) is 11.3 Å². The Bertz CT molecular complexity index is 607. The van der Waals surface area contributed by atoms with E-state index in [-0.39, 0.29) is 11.9 Å². The minimum absolute atomic E-state index is 0.0262. The second-order valence-corrected chi connectivity index (χ2v) is 6.34. The molecule has 1 heterocycles. The van der Waals surface area contributed by atoms with Crippen LogP contribution in [0.4, 0.5) is 0 Å². The fourth-order valence-electron chi connectivity index (χ4n) is 2.28. The molecule has 5 heteroatoms. The third kappa shape index (κ3) is 4.93. The normalized spacial score (nSPS) is 12.1. The molecule has 0 aliphatic rings. The SMILES string of the molecule is COCc1nc(-c2ccc(CCC(C)NC(C)=O)cc2)cs1. The Morgan fingerprint density at radius 2 is 2.09 bits per heavy atom. The van der Waals surface area contributed by atoms with E-state index in [0.717, 1.165) is 29.1 Å². The zero-order valence-electron chi connectivity index (χ0n) is 13.3. The summed E-state index contributed by atoms with van der Waals surface area (Å²) in [5.41, 5.74) is 3.39. The number of nitrogens with zero attached hydrogens (tertiary/aromatic N) is 1. The Labute approximate surface area is 135 Å². The Kier molecular flexibility index (Phi) is 6.10. The van der Waals surface area contributed by atoms with Gasteiger partial charge in [0.1, 0.15) is 5.01 Å². The molecule has 0 saturated carbocycles. The molecular weight excluding hydrogens is 296 g/mol. The summed E-state index contributed by atoms with van der Waals surface area (Å²) < 4.78 is 5.10. The molecule has 1 aromatic carbocycles. The van der Waals surface area contributed by atoms with Crippen LogP contribution in [0.2, 0.25) is 0 Å². The summed E-state index contributed by atoms with van der Waals surface area (Å²) in [7, 11) is 1.68. The van der Waals surface area contributed by atoms with Crippen LogP contribution in [-0.2, 0) is 22.6 Å². The van der Waals surface area contributed by atoms with Gasteiger partial charge in [-0.25, -0.2) is 4.98 Å². The molecule has 0 aliphatic heterocycles. The Morgan fingerprint density at radius 3 is 2.73 bits per heavy atom. The predicted octanol–water partition coefficient (Wildman–Crippen LogP) is 3.41. The van der Waals surface area contributed by atoms with Crippen molar-refractivity contribution in [2.45, 2.75) is 39.3 Å². The lowest BCUT2D eigenvalue weighted by Gasteiger charge is -2.12. The number of aryl methyl sites for hydroxylation is 1. The van der Waals surface area contributed by atoms with Crippen molar-refractivity contribution in [1.82, 2.24) is 10.3 Å². The van der Waals surface area contributed by atoms with Gasteiger partial charge in [-0.1, -0.05) is 24.3 Å². The number of hydrogen-bond donors (Lipinski definition) is 1. The first-order valence-electron chi connectivity index (χ1n) is 7.38. The Hall–Kier alpha value is -1.72. The fraction of sp³-hybridized carbons (Fsp3) is 0.412. The number of ether oxygens (including phenoxy) is 1. The van der Waals surface area contributed by atoms with E-state index in [0.29, 0.717) is 6.61 Å². The van der Waals surface area contributed by atoms with Crippen LogP contribution in [0.25, 0.3) is 11.3 Å². The van der Waals surface area contributed by atoms with Crippen LogP contribution >= 0.6 is 11.3 Å². The molecule has 0 spiro atoms. The number of benzene rings is 1. The first kappa shape index (κ1) is 16.6. The van der Waals surface area contributed by atoms with Crippen LogP contribution < -0.4 is 5.32 Å². The summed E-state index contributed by atoms with van der Waals surface area (Å²) in [6.45, 7) is 4.14. The molecule has 0 fully saturated rings. The van der Waals surface area contributed by atoms with Crippen LogP contribution in [-0.4, -0.2) is 24.0 Å². The number of thiazole rings is 1. The largest absolute Gasteiger partial charge is 0.378 e. The average molecular weight is 318 g/mol. The predicted molar refractivity (Wildman–Crippen MR) is 89.9 cm³/mol. The van der Waals surface area contributed by atoms with Gasteiger partial charge in [-0.3, -0.25) is 4.79 Å².